The zero-order chi connectivity index (χ0) is 14.2. The molecular weight excluding hydrogens is 261 g/mol. The Morgan fingerprint density at radius 2 is 2.32 bits per heavy atom. The smallest absolute Gasteiger partial charge is 0.351 e. The van der Waals surface area contributed by atoms with Crippen molar-refractivity contribution in [2.45, 2.75) is 31.5 Å². The van der Waals surface area contributed by atoms with Gasteiger partial charge in [-0.25, -0.2) is 9.18 Å². The molecule has 9 heteroatoms. The summed E-state index contributed by atoms with van der Waals surface area (Å²) in [7, 11) is 0. The Balaban J connectivity index is 2.38. The predicted molar refractivity (Wildman–Crippen MR) is 60.5 cm³/mol. The second kappa shape index (κ2) is 5.21. The first-order valence-corrected chi connectivity index (χ1v) is 5.58. The number of hydrogen-bond acceptors (Lipinski definition) is 7. The Morgan fingerprint density at radius 3 is 2.84 bits per heavy atom. The lowest BCUT2D eigenvalue weighted by Crippen LogP contribution is -2.34. The van der Waals surface area contributed by atoms with Crippen LogP contribution in [0.1, 0.15) is 11.8 Å². The average molecular weight is 275 g/mol. The van der Waals surface area contributed by atoms with Crippen LogP contribution in [0, 0.1) is 6.92 Å². The topological polar surface area (TPSA) is 117 Å². The van der Waals surface area contributed by atoms with E-state index < -0.39 is 36.9 Å². The number of anilines is 1. The van der Waals surface area contributed by atoms with Crippen molar-refractivity contribution in [3.05, 3.63) is 22.2 Å². The highest BCUT2D eigenvalue weighted by Crippen LogP contribution is 2.31. The molecule has 1 aliphatic heterocycles. The standard InChI is InChI=1S/C10H14FN3O5/c1-4-2-14(10(17)12-8(4)13-18)9-6(11)7(16)5(3-15)19-9/h2,5-7,9,15-16,18H,3H2,1H3,(H,12,13,17)/t5-,6?,7+,9-/m0/s1. The Hall–Kier alpha value is -1.55. The van der Waals surface area contributed by atoms with E-state index in [2.05, 4.69) is 4.98 Å². The maximum absolute atomic E-state index is 13.9. The van der Waals surface area contributed by atoms with Crippen LogP contribution < -0.4 is 11.2 Å². The summed E-state index contributed by atoms with van der Waals surface area (Å²) in [4.78, 5) is 15.2. The van der Waals surface area contributed by atoms with Crippen molar-refractivity contribution in [2.24, 2.45) is 0 Å². The summed E-state index contributed by atoms with van der Waals surface area (Å²) in [5.41, 5.74) is 1.29. The summed E-state index contributed by atoms with van der Waals surface area (Å²) in [6, 6.07) is 0. The van der Waals surface area contributed by atoms with Crippen molar-refractivity contribution >= 4 is 5.82 Å². The van der Waals surface area contributed by atoms with Gasteiger partial charge in [-0.3, -0.25) is 15.3 Å². The van der Waals surface area contributed by atoms with Gasteiger partial charge in [-0.1, -0.05) is 0 Å². The van der Waals surface area contributed by atoms with Gasteiger partial charge in [0.1, 0.15) is 12.2 Å². The van der Waals surface area contributed by atoms with E-state index in [0.29, 0.717) is 5.56 Å². The molecular formula is C10H14FN3O5. The summed E-state index contributed by atoms with van der Waals surface area (Å²) in [6.07, 6.45) is -4.58. The van der Waals surface area contributed by atoms with E-state index in [-0.39, 0.29) is 5.82 Å². The quantitative estimate of drug-likeness (QED) is 0.519. The van der Waals surface area contributed by atoms with Crippen LogP contribution in [0.3, 0.4) is 0 Å². The average Bonchev–Trinajstić information content (AvgIpc) is 2.68. The number of nitrogens with zero attached hydrogens (tertiary/aromatic N) is 2. The third-order valence-corrected chi connectivity index (χ3v) is 2.99. The first-order chi connectivity index (χ1) is 8.99. The molecule has 0 spiro atoms. The van der Waals surface area contributed by atoms with Gasteiger partial charge in [0, 0.05) is 11.8 Å². The number of nitrogens with one attached hydrogen (secondary N) is 1. The van der Waals surface area contributed by atoms with Gasteiger partial charge < -0.3 is 14.9 Å². The van der Waals surface area contributed by atoms with E-state index in [1.54, 1.807) is 12.4 Å². The number of aliphatic hydroxyl groups is 2. The molecule has 1 aliphatic rings. The monoisotopic (exact) mass is 275 g/mol. The van der Waals surface area contributed by atoms with Gasteiger partial charge in [-0.2, -0.15) is 4.98 Å². The van der Waals surface area contributed by atoms with Crippen LogP contribution in [-0.4, -0.2) is 50.0 Å². The van der Waals surface area contributed by atoms with E-state index in [1.807, 2.05) is 0 Å². The summed E-state index contributed by atoms with van der Waals surface area (Å²) in [5.74, 6) is -0.0473. The minimum atomic E-state index is -1.86. The fourth-order valence-electron chi connectivity index (χ4n) is 1.94. The van der Waals surface area contributed by atoms with E-state index in [9.17, 15) is 14.3 Å². The van der Waals surface area contributed by atoms with Crippen LogP contribution in [0.15, 0.2) is 11.0 Å². The molecule has 2 heterocycles. The molecule has 0 saturated carbocycles. The largest absolute Gasteiger partial charge is 0.394 e. The van der Waals surface area contributed by atoms with Crippen molar-refractivity contribution in [1.29, 1.82) is 0 Å². The molecule has 0 aliphatic carbocycles. The Labute approximate surface area is 107 Å². The number of aryl methyl sites for hydroxylation is 1. The van der Waals surface area contributed by atoms with E-state index in [0.717, 1.165) is 4.57 Å². The van der Waals surface area contributed by atoms with Crippen molar-refractivity contribution < 1.29 is 24.5 Å². The van der Waals surface area contributed by atoms with Crippen LogP contribution in [0.4, 0.5) is 10.2 Å². The molecule has 106 valence electrons. The highest BCUT2D eigenvalue weighted by Gasteiger charge is 2.45. The highest BCUT2D eigenvalue weighted by atomic mass is 19.1. The van der Waals surface area contributed by atoms with Crippen molar-refractivity contribution in [2.75, 3.05) is 12.1 Å². The first-order valence-electron chi connectivity index (χ1n) is 5.58. The third-order valence-electron chi connectivity index (χ3n) is 2.99. The number of ether oxygens (including phenoxy) is 1. The molecule has 4 atom stereocenters. The molecule has 1 aromatic rings. The van der Waals surface area contributed by atoms with E-state index >= 15 is 0 Å². The van der Waals surface area contributed by atoms with Crippen LogP contribution in [-0.2, 0) is 4.74 Å². The molecule has 0 amide bonds. The van der Waals surface area contributed by atoms with Crippen LogP contribution >= 0.6 is 0 Å². The third kappa shape index (κ3) is 2.32. The second-order valence-electron chi connectivity index (χ2n) is 4.26. The SMILES string of the molecule is Cc1cn([C@H]2O[C@@H](CO)[C@@H](O)C2F)c(=O)nc1NO. The number of halogens is 1. The molecule has 2 rings (SSSR count). The van der Waals surface area contributed by atoms with Gasteiger partial charge >= 0.3 is 5.69 Å². The summed E-state index contributed by atoms with van der Waals surface area (Å²) in [5, 5.41) is 27.2. The fourth-order valence-corrected chi connectivity index (χ4v) is 1.94. The summed E-state index contributed by atoms with van der Waals surface area (Å²) in [6.45, 7) is 0.985. The maximum atomic E-state index is 13.9. The van der Waals surface area contributed by atoms with Crippen LogP contribution in [0.2, 0.25) is 0 Å². The summed E-state index contributed by atoms with van der Waals surface area (Å²) < 4.78 is 19.8. The first kappa shape index (κ1) is 13.9. The number of rotatable bonds is 3. The lowest BCUT2D eigenvalue weighted by molar-refractivity contribution is -0.0491. The molecule has 4 N–H and O–H groups in total. The predicted octanol–water partition coefficient (Wildman–Crippen LogP) is -1.06. The van der Waals surface area contributed by atoms with Crippen LogP contribution in [0.5, 0.6) is 0 Å². The lowest BCUT2D eigenvalue weighted by Gasteiger charge is -2.17. The molecule has 1 saturated heterocycles. The van der Waals surface area contributed by atoms with Crippen molar-refractivity contribution in [3.8, 4) is 0 Å². The molecule has 1 aromatic heterocycles. The van der Waals surface area contributed by atoms with Crippen molar-refractivity contribution in [3.63, 3.8) is 0 Å². The minimum Gasteiger partial charge on any atom is -0.394 e. The Bertz CT molecular complexity index is 522. The number of aliphatic hydroxyl groups excluding tert-OH is 2. The van der Waals surface area contributed by atoms with Gasteiger partial charge in [-0.15, -0.1) is 0 Å². The van der Waals surface area contributed by atoms with Gasteiger partial charge in [0.05, 0.1) is 6.61 Å². The van der Waals surface area contributed by atoms with Crippen LogP contribution in [0.25, 0.3) is 0 Å². The van der Waals surface area contributed by atoms with Gasteiger partial charge in [0.25, 0.3) is 0 Å². The molecule has 0 radical (unpaired) electrons. The van der Waals surface area contributed by atoms with E-state index in [1.165, 1.54) is 6.20 Å². The van der Waals surface area contributed by atoms with Gasteiger partial charge in [0.2, 0.25) is 0 Å². The van der Waals surface area contributed by atoms with Gasteiger partial charge in [0.15, 0.2) is 18.2 Å². The normalized spacial score (nSPS) is 30.6. The number of alkyl halides is 1. The summed E-state index contributed by atoms with van der Waals surface area (Å²) >= 11 is 0. The Kier molecular flexibility index (Phi) is 3.80. The molecule has 19 heavy (non-hydrogen) atoms. The lowest BCUT2D eigenvalue weighted by atomic mass is 10.1. The molecule has 8 nitrogen and oxygen atoms in total. The molecule has 1 fully saturated rings. The number of aromatic nitrogens is 2. The fraction of sp³-hybridized carbons (Fsp3) is 0.600. The highest BCUT2D eigenvalue weighted by molar-refractivity contribution is 5.38. The second-order valence-corrected chi connectivity index (χ2v) is 4.26. The molecule has 0 aromatic carbocycles. The van der Waals surface area contributed by atoms with Crippen molar-refractivity contribution in [1.82, 2.24) is 9.55 Å². The van der Waals surface area contributed by atoms with Gasteiger partial charge in [-0.05, 0) is 6.92 Å². The maximum Gasteiger partial charge on any atom is 0.351 e. The number of hydrogen-bond donors (Lipinski definition) is 4. The zero-order valence-corrected chi connectivity index (χ0v) is 10.0. The Morgan fingerprint density at radius 1 is 1.63 bits per heavy atom. The van der Waals surface area contributed by atoms with E-state index in [4.69, 9.17) is 15.1 Å². The molecule has 1 unspecified atom stereocenters. The molecule has 0 bridgehead atoms. The minimum absolute atomic E-state index is 0.0473. The zero-order valence-electron chi connectivity index (χ0n) is 10.0.